The van der Waals surface area contributed by atoms with E-state index >= 15 is 0 Å². The molecule has 31 heavy (non-hydrogen) atoms. The molecule has 1 atom stereocenters. The first-order valence-corrected chi connectivity index (χ1v) is 10.9. The maximum atomic E-state index is 12.8. The molecular weight excluding hydrogens is 410 g/mol. The average Bonchev–Trinajstić information content (AvgIpc) is 3.31. The summed E-state index contributed by atoms with van der Waals surface area (Å²) in [4.78, 5) is 17.8. The second kappa shape index (κ2) is 9.94. The fourth-order valence-corrected chi connectivity index (χ4v) is 4.01. The fourth-order valence-electron chi connectivity index (χ4n) is 3.80. The number of nitrogens with one attached hydrogen (secondary N) is 2. The number of benzene rings is 2. The number of H-pyrrole nitrogens is 1. The van der Waals surface area contributed by atoms with Crippen molar-refractivity contribution in [3.05, 3.63) is 76.1 Å². The molecule has 0 unspecified atom stereocenters. The monoisotopic (exact) mass is 437 g/mol. The quantitative estimate of drug-likeness (QED) is 0.551. The maximum Gasteiger partial charge on any atom is 0.253 e. The number of ether oxygens (including phenoxy) is 2. The Morgan fingerprint density at radius 2 is 2.06 bits per heavy atom. The number of aromatic nitrogens is 1. The molecule has 1 aliphatic heterocycles. The highest BCUT2D eigenvalue weighted by atomic mass is 32.1. The zero-order valence-corrected chi connectivity index (χ0v) is 18.4. The fraction of sp³-hybridized carbons (Fsp3) is 0.333. The van der Waals surface area contributed by atoms with Crippen LogP contribution in [0.15, 0.2) is 59.4 Å². The van der Waals surface area contributed by atoms with Crippen LogP contribution in [0.3, 0.4) is 0 Å². The smallest absolute Gasteiger partial charge is 0.253 e. The van der Waals surface area contributed by atoms with Crippen molar-refractivity contribution >= 4 is 28.2 Å². The van der Waals surface area contributed by atoms with Crippen LogP contribution in [0.5, 0.6) is 5.75 Å². The highest BCUT2D eigenvalue weighted by Crippen LogP contribution is 2.20. The van der Waals surface area contributed by atoms with Crippen LogP contribution < -0.4 is 15.6 Å². The number of hydrogen-bond donors (Lipinski definition) is 2. The van der Waals surface area contributed by atoms with Crippen molar-refractivity contribution in [2.45, 2.75) is 32.0 Å². The Bertz CT molecular complexity index is 1090. The van der Waals surface area contributed by atoms with E-state index in [4.69, 9.17) is 21.7 Å². The lowest BCUT2D eigenvalue weighted by Gasteiger charge is -2.27. The molecule has 0 spiro atoms. The summed E-state index contributed by atoms with van der Waals surface area (Å²) in [6.45, 7) is 2.49. The van der Waals surface area contributed by atoms with Crippen molar-refractivity contribution in [3.63, 3.8) is 0 Å². The van der Waals surface area contributed by atoms with Crippen LogP contribution in [-0.2, 0) is 17.8 Å². The van der Waals surface area contributed by atoms with Gasteiger partial charge in [-0.2, -0.15) is 0 Å². The first-order chi connectivity index (χ1) is 15.1. The van der Waals surface area contributed by atoms with Gasteiger partial charge in [-0.05, 0) is 54.9 Å². The summed E-state index contributed by atoms with van der Waals surface area (Å²) in [7, 11) is 1.63. The molecule has 3 aromatic rings. The number of pyridine rings is 1. The molecule has 0 bridgehead atoms. The molecule has 7 heteroatoms. The first-order valence-electron chi connectivity index (χ1n) is 10.5. The predicted octanol–water partition coefficient (Wildman–Crippen LogP) is 3.59. The Morgan fingerprint density at radius 1 is 1.23 bits per heavy atom. The summed E-state index contributed by atoms with van der Waals surface area (Å²) in [5.74, 6) is 0.750. The molecule has 0 radical (unpaired) electrons. The van der Waals surface area contributed by atoms with Gasteiger partial charge in [0.1, 0.15) is 5.75 Å². The van der Waals surface area contributed by atoms with Crippen molar-refractivity contribution in [1.82, 2.24) is 15.2 Å². The summed E-state index contributed by atoms with van der Waals surface area (Å²) in [6.07, 6.45) is 2.32. The first kappa shape index (κ1) is 21.3. The second-order valence-corrected chi connectivity index (χ2v) is 8.13. The topological polar surface area (TPSA) is 66.6 Å². The predicted molar refractivity (Wildman–Crippen MR) is 126 cm³/mol. The normalized spacial score (nSPS) is 15.7. The molecule has 4 rings (SSSR count). The van der Waals surface area contributed by atoms with E-state index in [1.54, 1.807) is 7.11 Å². The molecular formula is C24H27N3O3S. The number of nitrogens with zero attached hydrogens (tertiary/aromatic N) is 1. The molecule has 0 saturated carbocycles. The third-order valence-electron chi connectivity index (χ3n) is 5.50. The van der Waals surface area contributed by atoms with Gasteiger partial charge in [0.2, 0.25) is 0 Å². The number of fused-ring (bicyclic) bond motifs is 1. The summed E-state index contributed by atoms with van der Waals surface area (Å²) in [5, 5.41) is 4.88. The van der Waals surface area contributed by atoms with Gasteiger partial charge in [-0.1, -0.05) is 30.3 Å². The van der Waals surface area contributed by atoms with Crippen LogP contribution in [0.25, 0.3) is 10.9 Å². The van der Waals surface area contributed by atoms with Crippen LogP contribution >= 0.6 is 12.2 Å². The van der Waals surface area contributed by atoms with Gasteiger partial charge < -0.3 is 24.7 Å². The molecule has 1 aromatic heterocycles. The lowest BCUT2D eigenvalue weighted by atomic mass is 10.1. The minimum Gasteiger partial charge on any atom is -0.497 e. The third kappa shape index (κ3) is 5.42. The molecule has 0 aliphatic carbocycles. The largest absolute Gasteiger partial charge is 0.497 e. The van der Waals surface area contributed by atoms with Crippen molar-refractivity contribution in [2.75, 3.05) is 20.3 Å². The molecule has 2 heterocycles. The van der Waals surface area contributed by atoms with Crippen LogP contribution in [-0.4, -0.2) is 41.4 Å². The Morgan fingerprint density at radius 3 is 2.81 bits per heavy atom. The van der Waals surface area contributed by atoms with Crippen molar-refractivity contribution in [1.29, 1.82) is 0 Å². The standard InChI is InChI=1S/C24H27N3O3S/c1-29-20-9-10-22-18(13-20)12-19(23(28)26-22)16-27(15-17-6-3-2-4-7-17)24(31)25-14-21-8-5-11-30-21/h2-4,6-7,9-10,12-13,21H,5,8,11,14-16H2,1H3,(H,25,31)(H,26,28)/t21-/m0/s1. The Balaban J connectivity index is 1.57. The zero-order chi connectivity index (χ0) is 21.6. The van der Waals surface area contributed by atoms with Gasteiger partial charge in [0.05, 0.1) is 19.8 Å². The highest BCUT2D eigenvalue weighted by molar-refractivity contribution is 7.80. The van der Waals surface area contributed by atoms with E-state index in [2.05, 4.69) is 22.4 Å². The Kier molecular flexibility index (Phi) is 6.84. The number of methoxy groups -OCH3 is 1. The van der Waals surface area contributed by atoms with E-state index in [-0.39, 0.29) is 11.7 Å². The van der Waals surface area contributed by atoms with E-state index in [1.165, 1.54) is 0 Å². The maximum absolute atomic E-state index is 12.8. The van der Waals surface area contributed by atoms with E-state index in [0.717, 1.165) is 41.7 Å². The van der Waals surface area contributed by atoms with Gasteiger partial charge in [0.15, 0.2) is 5.11 Å². The molecule has 2 N–H and O–H groups in total. The van der Waals surface area contributed by atoms with Gasteiger partial charge in [-0.15, -0.1) is 0 Å². The van der Waals surface area contributed by atoms with Crippen molar-refractivity contribution in [2.24, 2.45) is 0 Å². The summed E-state index contributed by atoms with van der Waals surface area (Å²) >= 11 is 5.71. The minimum atomic E-state index is -0.113. The number of thiocarbonyl (C=S) groups is 1. The SMILES string of the molecule is COc1ccc2[nH]c(=O)c(CN(Cc3ccccc3)C(=S)NC[C@@H]3CCCO3)cc2c1. The molecule has 1 fully saturated rings. The van der Waals surface area contributed by atoms with Gasteiger partial charge in [-0.25, -0.2) is 0 Å². The van der Waals surface area contributed by atoms with Gasteiger partial charge in [0, 0.05) is 36.2 Å². The molecule has 1 aliphatic rings. The summed E-state index contributed by atoms with van der Waals surface area (Å²) in [5.41, 5.74) is 2.45. The molecule has 1 saturated heterocycles. The Hall–Kier alpha value is -2.90. The van der Waals surface area contributed by atoms with Crippen molar-refractivity contribution in [3.8, 4) is 5.75 Å². The number of aromatic amines is 1. The zero-order valence-electron chi connectivity index (χ0n) is 17.6. The third-order valence-corrected chi connectivity index (χ3v) is 5.90. The van der Waals surface area contributed by atoms with E-state index < -0.39 is 0 Å². The lowest BCUT2D eigenvalue weighted by Crippen LogP contribution is -2.42. The number of rotatable bonds is 7. The highest BCUT2D eigenvalue weighted by Gasteiger charge is 2.18. The lowest BCUT2D eigenvalue weighted by molar-refractivity contribution is 0.113. The average molecular weight is 438 g/mol. The van der Waals surface area contributed by atoms with Crippen LogP contribution in [0.2, 0.25) is 0 Å². The molecule has 2 aromatic carbocycles. The van der Waals surface area contributed by atoms with E-state index in [1.807, 2.05) is 47.4 Å². The van der Waals surface area contributed by atoms with Gasteiger partial charge in [-0.3, -0.25) is 4.79 Å². The number of hydrogen-bond acceptors (Lipinski definition) is 4. The molecule has 6 nitrogen and oxygen atoms in total. The van der Waals surface area contributed by atoms with Crippen molar-refractivity contribution < 1.29 is 9.47 Å². The minimum absolute atomic E-state index is 0.113. The summed E-state index contributed by atoms with van der Waals surface area (Å²) < 4.78 is 11.0. The van der Waals surface area contributed by atoms with E-state index in [9.17, 15) is 4.79 Å². The van der Waals surface area contributed by atoms with Crippen LogP contribution in [0, 0.1) is 0 Å². The van der Waals surface area contributed by atoms with Gasteiger partial charge in [0.25, 0.3) is 5.56 Å². The second-order valence-electron chi connectivity index (χ2n) is 7.74. The molecule has 0 amide bonds. The summed E-state index contributed by atoms with van der Waals surface area (Å²) in [6, 6.07) is 17.6. The van der Waals surface area contributed by atoms with Crippen LogP contribution in [0.4, 0.5) is 0 Å². The molecule has 162 valence electrons. The Labute approximate surface area is 187 Å². The van der Waals surface area contributed by atoms with Crippen LogP contribution in [0.1, 0.15) is 24.0 Å². The van der Waals surface area contributed by atoms with E-state index in [0.29, 0.717) is 30.3 Å². The van der Waals surface area contributed by atoms with Gasteiger partial charge >= 0.3 is 0 Å².